The first-order chi connectivity index (χ1) is 11.9. The third-order valence-electron chi connectivity index (χ3n) is 4.45. The number of hydrogen-bond acceptors (Lipinski definition) is 2. The van der Waals surface area contributed by atoms with Crippen LogP contribution < -0.4 is 10.2 Å². The molecule has 1 fully saturated rings. The smallest absolute Gasteiger partial charge is 0.322 e. The van der Waals surface area contributed by atoms with Crippen molar-refractivity contribution in [2.45, 2.75) is 19.9 Å². The van der Waals surface area contributed by atoms with E-state index in [1.54, 1.807) is 4.90 Å². The van der Waals surface area contributed by atoms with Gasteiger partial charge in [0.25, 0.3) is 0 Å². The minimum absolute atomic E-state index is 0.0139. The molecule has 1 aliphatic heterocycles. The monoisotopic (exact) mass is 345 g/mol. The van der Waals surface area contributed by atoms with E-state index in [2.05, 4.69) is 41.4 Å². The van der Waals surface area contributed by atoms with Gasteiger partial charge in [0.15, 0.2) is 0 Å². The Morgan fingerprint density at radius 1 is 1.12 bits per heavy atom. The molecule has 25 heavy (non-hydrogen) atoms. The van der Waals surface area contributed by atoms with E-state index in [9.17, 15) is 13.6 Å². The van der Waals surface area contributed by atoms with Crippen LogP contribution in [0.1, 0.15) is 12.5 Å². The quantitative estimate of drug-likeness (QED) is 0.892. The summed E-state index contributed by atoms with van der Waals surface area (Å²) in [5.74, 6) is -1.45. The highest BCUT2D eigenvalue weighted by Crippen LogP contribution is 2.22. The first-order valence-electron chi connectivity index (χ1n) is 8.28. The van der Waals surface area contributed by atoms with Crippen molar-refractivity contribution in [3.05, 3.63) is 59.7 Å². The maximum absolute atomic E-state index is 13.7. The van der Waals surface area contributed by atoms with Gasteiger partial charge in [0.2, 0.25) is 0 Å². The van der Waals surface area contributed by atoms with Gasteiger partial charge < -0.3 is 15.1 Å². The van der Waals surface area contributed by atoms with E-state index < -0.39 is 11.6 Å². The molecule has 1 aliphatic rings. The number of hydrogen-bond donors (Lipinski definition) is 1. The number of urea groups is 1. The summed E-state index contributed by atoms with van der Waals surface area (Å²) in [4.78, 5) is 16.3. The Balaban J connectivity index is 1.64. The topological polar surface area (TPSA) is 35.6 Å². The SMILES string of the molecule is Cc1ccc(N2CCN(C(=O)Nc3ccc(F)cc3F)CC2C)cc1. The van der Waals surface area contributed by atoms with Gasteiger partial charge in [-0.3, -0.25) is 0 Å². The molecule has 0 aliphatic carbocycles. The van der Waals surface area contributed by atoms with Crippen molar-refractivity contribution in [3.63, 3.8) is 0 Å². The van der Waals surface area contributed by atoms with Gasteiger partial charge in [0, 0.05) is 37.4 Å². The Morgan fingerprint density at radius 2 is 1.84 bits per heavy atom. The summed E-state index contributed by atoms with van der Waals surface area (Å²) >= 11 is 0. The Labute approximate surface area is 146 Å². The second-order valence-electron chi connectivity index (χ2n) is 6.38. The van der Waals surface area contributed by atoms with E-state index in [-0.39, 0.29) is 17.8 Å². The van der Waals surface area contributed by atoms with Crippen LogP contribution in [0.3, 0.4) is 0 Å². The molecule has 0 aromatic heterocycles. The third-order valence-corrected chi connectivity index (χ3v) is 4.45. The maximum Gasteiger partial charge on any atom is 0.322 e. The highest BCUT2D eigenvalue weighted by molar-refractivity contribution is 5.89. The lowest BCUT2D eigenvalue weighted by atomic mass is 10.1. The van der Waals surface area contributed by atoms with E-state index in [0.717, 1.165) is 17.8 Å². The summed E-state index contributed by atoms with van der Waals surface area (Å²) < 4.78 is 26.6. The summed E-state index contributed by atoms with van der Waals surface area (Å²) in [5, 5.41) is 2.52. The Bertz CT molecular complexity index is 764. The van der Waals surface area contributed by atoms with Crippen molar-refractivity contribution >= 4 is 17.4 Å². The van der Waals surface area contributed by atoms with Crippen molar-refractivity contribution in [1.82, 2.24) is 4.90 Å². The van der Waals surface area contributed by atoms with Crippen LogP contribution in [0, 0.1) is 18.6 Å². The molecule has 3 rings (SSSR count). The molecule has 1 saturated heterocycles. The predicted molar refractivity (Wildman–Crippen MR) is 94.9 cm³/mol. The number of halogens is 2. The molecule has 1 N–H and O–H groups in total. The van der Waals surface area contributed by atoms with Crippen LogP contribution in [-0.2, 0) is 0 Å². The number of rotatable bonds is 2. The molecule has 0 bridgehead atoms. The van der Waals surface area contributed by atoms with Crippen molar-refractivity contribution in [1.29, 1.82) is 0 Å². The molecule has 2 aromatic carbocycles. The third kappa shape index (κ3) is 3.90. The zero-order valence-corrected chi connectivity index (χ0v) is 14.3. The number of aryl methyl sites for hydroxylation is 1. The van der Waals surface area contributed by atoms with Gasteiger partial charge in [-0.2, -0.15) is 0 Å². The lowest BCUT2D eigenvalue weighted by molar-refractivity contribution is 0.200. The maximum atomic E-state index is 13.7. The molecule has 4 nitrogen and oxygen atoms in total. The normalized spacial score (nSPS) is 17.5. The molecule has 2 aromatic rings. The predicted octanol–water partition coefficient (Wildman–Crippen LogP) is 4.02. The largest absolute Gasteiger partial charge is 0.365 e. The van der Waals surface area contributed by atoms with Crippen LogP contribution in [0.2, 0.25) is 0 Å². The van der Waals surface area contributed by atoms with Crippen LogP contribution in [0.25, 0.3) is 0 Å². The fourth-order valence-corrected chi connectivity index (χ4v) is 3.05. The lowest BCUT2D eigenvalue weighted by Crippen LogP contribution is -2.54. The highest BCUT2D eigenvalue weighted by Gasteiger charge is 2.27. The summed E-state index contributed by atoms with van der Waals surface area (Å²) in [5.41, 5.74) is 2.32. The van der Waals surface area contributed by atoms with Crippen molar-refractivity contribution in [2.75, 3.05) is 29.9 Å². The zero-order valence-electron chi connectivity index (χ0n) is 14.3. The van der Waals surface area contributed by atoms with Gasteiger partial charge >= 0.3 is 6.03 Å². The molecule has 0 spiro atoms. The summed E-state index contributed by atoms with van der Waals surface area (Å²) in [7, 11) is 0. The molecule has 2 amide bonds. The number of nitrogens with one attached hydrogen (secondary N) is 1. The van der Waals surface area contributed by atoms with E-state index in [0.29, 0.717) is 19.6 Å². The number of carbonyl (C=O) groups is 1. The number of amides is 2. The van der Waals surface area contributed by atoms with Crippen LogP contribution in [0.4, 0.5) is 25.0 Å². The molecule has 0 saturated carbocycles. The van der Waals surface area contributed by atoms with Crippen molar-refractivity contribution < 1.29 is 13.6 Å². The van der Waals surface area contributed by atoms with Gasteiger partial charge in [-0.05, 0) is 38.1 Å². The van der Waals surface area contributed by atoms with Crippen LogP contribution in [0.15, 0.2) is 42.5 Å². The standard InChI is InChI=1S/C19H21F2N3O/c1-13-3-6-16(7-4-13)24-10-9-23(12-14(24)2)19(25)22-18-8-5-15(20)11-17(18)21/h3-8,11,14H,9-10,12H2,1-2H3,(H,22,25). The molecule has 1 unspecified atom stereocenters. The molecule has 1 heterocycles. The van der Waals surface area contributed by atoms with E-state index in [4.69, 9.17) is 0 Å². The fraction of sp³-hybridized carbons (Fsp3) is 0.316. The molecular weight excluding hydrogens is 324 g/mol. The van der Waals surface area contributed by atoms with Gasteiger partial charge in [-0.1, -0.05) is 17.7 Å². The second kappa shape index (κ2) is 7.09. The number of carbonyl (C=O) groups excluding carboxylic acids is 1. The molecule has 6 heteroatoms. The van der Waals surface area contributed by atoms with Crippen molar-refractivity contribution in [3.8, 4) is 0 Å². The summed E-state index contributed by atoms with van der Waals surface area (Å²) in [6.45, 7) is 5.86. The zero-order chi connectivity index (χ0) is 18.0. The van der Waals surface area contributed by atoms with Crippen LogP contribution in [0.5, 0.6) is 0 Å². The first kappa shape index (κ1) is 17.2. The Hall–Kier alpha value is -2.63. The van der Waals surface area contributed by atoms with Crippen molar-refractivity contribution in [2.24, 2.45) is 0 Å². The average molecular weight is 345 g/mol. The molecular formula is C19H21F2N3O. The highest BCUT2D eigenvalue weighted by atomic mass is 19.1. The van der Waals surface area contributed by atoms with E-state index in [1.165, 1.54) is 11.6 Å². The average Bonchev–Trinajstić information content (AvgIpc) is 2.58. The van der Waals surface area contributed by atoms with Gasteiger partial charge in [0.05, 0.1) is 5.69 Å². The van der Waals surface area contributed by atoms with E-state index >= 15 is 0 Å². The second-order valence-corrected chi connectivity index (χ2v) is 6.38. The van der Waals surface area contributed by atoms with Gasteiger partial charge in [-0.15, -0.1) is 0 Å². The van der Waals surface area contributed by atoms with Gasteiger partial charge in [-0.25, -0.2) is 13.6 Å². The number of anilines is 2. The summed E-state index contributed by atoms with van der Waals surface area (Å²) in [6.07, 6.45) is 0. The molecule has 1 atom stereocenters. The lowest BCUT2D eigenvalue weighted by Gasteiger charge is -2.41. The number of piperazine rings is 1. The van der Waals surface area contributed by atoms with Gasteiger partial charge in [0.1, 0.15) is 11.6 Å². The van der Waals surface area contributed by atoms with Crippen LogP contribution in [-0.4, -0.2) is 36.6 Å². The fourth-order valence-electron chi connectivity index (χ4n) is 3.05. The van der Waals surface area contributed by atoms with Crippen LogP contribution >= 0.6 is 0 Å². The minimum atomic E-state index is -0.778. The minimum Gasteiger partial charge on any atom is -0.365 e. The number of nitrogens with zero attached hydrogens (tertiary/aromatic N) is 2. The summed E-state index contributed by atoms with van der Waals surface area (Å²) in [6, 6.07) is 11.2. The Kier molecular flexibility index (Phi) is 4.88. The van der Waals surface area contributed by atoms with E-state index in [1.807, 2.05) is 6.92 Å². The Morgan fingerprint density at radius 3 is 2.48 bits per heavy atom. The number of benzene rings is 2. The molecule has 0 radical (unpaired) electrons. The first-order valence-corrected chi connectivity index (χ1v) is 8.28. The molecule has 132 valence electrons.